The first-order valence-corrected chi connectivity index (χ1v) is 6.36. The lowest BCUT2D eigenvalue weighted by Crippen LogP contribution is -2.05. The maximum atomic E-state index is 13.0. The van der Waals surface area contributed by atoms with Crippen LogP contribution in [0.3, 0.4) is 0 Å². The van der Waals surface area contributed by atoms with E-state index in [1.54, 1.807) is 12.1 Å². The smallest absolute Gasteiger partial charge is 0.141 e. The summed E-state index contributed by atoms with van der Waals surface area (Å²) in [6.07, 6.45) is 0. The van der Waals surface area contributed by atoms with Crippen molar-refractivity contribution in [3.05, 3.63) is 64.4 Å². The Morgan fingerprint density at radius 3 is 2.74 bits per heavy atom. The van der Waals surface area contributed by atoms with Crippen molar-refractivity contribution in [3.8, 4) is 5.75 Å². The number of nitrogens with two attached hydrogens (primary N) is 1. The molecule has 0 saturated carbocycles. The van der Waals surface area contributed by atoms with Crippen LogP contribution in [0, 0.1) is 5.82 Å². The Hall–Kier alpha value is -1.58. The van der Waals surface area contributed by atoms with E-state index in [1.807, 2.05) is 31.2 Å². The third-order valence-electron chi connectivity index (χ3n) is 2.77. The average Bonchev–Trinajstić information content (AvgIpc) is 2.40. The van der Waals surface area contributed by atoms with Gasteiger partial charge in [0.1, 0.15) is 18.2 Å². The molecule has 0 aliphatic carbocycles. The van der Waals surface area contributed by atoms with Gasteiger partial charge in [-0.1, -0.05) is 29.8 Å². The summed E-state index contributed by atoms with van der Waals surface area (Å²) in [6, 6.07) is 12.1. The van der Waals surface area contributed by atoms with Crippen LogP contribution in [-0.2, 0) is 6.61 Å². The van der Waals surface area contributed by atoms with Gasteiger partial charge in [0.25, 0.3) is 0 Å². The molecule has 0 aromatic heterocycles. The van der Waals surface area contributed by atoms with Crippen molar-refractivity contribution in [3.63, 3.8) is 0 Å². The molecule has 0 unspecified atom stereocenters. The van der Waals surface area contributed by atoms with Crippen LogP contribution < -0.4 is 10.5 Å². The molecule has 100 valence electrons. The number of hydrogen-bond acceptors (Lipinski definition) is 2. The lowest BCUT2D eigenvalue weighted by molar-refractivity contribution is 0.305. The fourth-order valence-corrected chi connectivity index (χ4v) is 1.89. The van der Waals surface area contributed by atoms with Crippen molar-refractivity contribution >= 4 is 11.6 Å². The largest absolute Gasteiger partial charge is 0.489 e. The second-order valence-corrected chi connectivity index (χ2v) is 4.81. The topological polar surface area (TPSA) is 35.2 Å². The van der Waals surface area contributed by atoms with Gasteiger partial charge in [0.05, 0.1) is 5.02 Å². The van der Waals surface area contributed by atoms with Crippen molar-refractivity contribution in [2.75, 3.05) is 0 Å². The Morgan fingerprint density at radius 1 is 1.26 bits per heavy atom. The fourth-order valence-electron chi connectivity index (χ4n) is 1.68. The molecule has 2 N–H and O–H groups in total. The molecule has 0 fully saturated rings. The van der Waals surface area contributed by atoms with Gasteiger partial charge in [0.15, 0.2) is 0 Å². The molecule has 0 radical (unpaired) electrons. The first-order chi connectivity index (χ1) is 9.06. The van der Waals surface area contributed by atoms with E-state index < -0.39 is 5.82 Å². The van der Waals surface area contributed by atoms with Crippen molar-refractivity contribution in [2.45, 2.75) is 19.6 Å². The molecule has 1 atom stereocenters. The SMILES string of the molecule is C[C@@H](N)c1cccc(OCc2ccc(F)c(Cl)c2)c1. The minimum atomic E-state index is -0.427. The van der Waals surface area contributed by atoms with Crippen molar-refractivity contribution < 1.29 is 9.13 Å². The van der Waals surface area contributed by atoms with Crippen molar-refractivity contribution in [1.82, 2.24) is 0 Å². The second-order valence-electron chi connectivity index (χ2n) is 4.40. The molecule has 2 rings (SSSR count). The van der Waals surface area contributed by atoms with Gasteiger partial charge >= 0.3 is 0 Å². The average molecular weight is 280 g/mol. The Balaban J connectivity index is 2.05. The van der Waals surface area contributed by atoms with Crippen LogP contribution in [0.15, 0.2) is 42.5 Å². The van der Waals surface area contributed by atoms with Gasteiger partial charge in [-0.15, -0.1) is 0 Å². The monoisotopic (exact) mass is 279 g/mol. The Labute approximate surface area is 117 Å². The highest BCUT2D eigenvalue weighted by molar-refractivity contribution is 6.30. The van der Waals surface area contributed by atoms with Crippen LogP contribution in [0.5, 0.6) is 5.75 Å². The lowest BCUT2D eigenvalue weighted by atomic mass is 10.1. The Morgan fingerprint density at radius 2 is 2.05 bits per heavy atom. The fraction of sp³-hybridized carbons (Fsp3) is 0.200. The number of halogens is 2. The quantitative estimate of drug-likeness (QED) is 0.915. The van der Waals surface area contributed by atoms with Gasteiger partial charge < -0.3 is 10.5 Å². The van der Waals surface area contributed by atoms with Gasteiger partial charge in [-0.05, 0) is 42.3 Å². The standard InChI is InChI=1S/C15H15ClFNO/c1-10(18)12-3-2-4-13(8-12)19-9-11-5-6-15(17)14(16)7-11/h2-8,10H,9,18H2,1H3/t10-/m1/s1. The van der Waals surface area contributed by atoms with Gasteiger partial charge in [-0.3, -0.25) is 0 Å². The summed E-state index contributed by atoms with van der Waals surface area (Å²) in [5.41, 5.74) is 7.64. The summed E-state index contributed by atoms with van der Waals surface area (Å²) in [4.78, 5) is 0. The molecular formula is C15H15ClFNO. The van der Waals surface area contributed by atoms with E-state index in [-0.39, 0.29) is 11.1 Å². The van der Waals surface area contributed by atoms with Crippen LogP contribution in [0.25, 0.3) is 0 Å². The van der Waals surface area contributed by atoms with Crippen LogP contribution in [-0.4, -0.2) is 0 Å². The summed E-state index contributed by atoms with van der Waals surface area (Å²) < 4.78 is 18.7. The predicted molar refractivity (Wildman–Crippen MR) is 74.8 cm³/mol. The summed E-state index contributed by atoms with van der Waals surface area (Å²) in [5, 5.41) is 0.102. The van der Waals surface area contributed by atoms with E-state index in [0.29, 0.717) is 6.61 Å². The van der Waals surface area contributed by atoms with E-state index in [1.165, 1.54) is 6.07 Å². The predicted octanol–water partition coefficient (Wildman–Crippen LogP) is 4.08. The first-order valence-electron chi connectivity index (χ1n) is 5.98. The van der Waals surface area contributed by atoms with Gasteiger partial charge in [-0.25, -0.2) is 4.39 Å². The van der Waals surface area contributed by atoms with E-state index in [4.69, 9.17) is 22.1 Å². The highest BCUT2D eigenvalue weighted by Crippen LogP contribution is 2.20. The maximum Gasteiger partial charge on any atom is 0.141 e. The Bertz CT molecular complexity index is 572. The molecule has 4 heteroatoms. The number of benzene rings is 2. The van der Waals surface area contributed by atoms with Crippen molar-refractivity contribution in [2.24, 2.45) is 5.73 Å². The van der Waals surface area contributed by atoms with Crippen LogP contribution in [0.2, 0.25) is 5.02 Å². The molecule has 0 aliphatic heterocycles. The first kappa shape index (κ1) is 13.8. The molecule has 0 amide bonds. The van der Waals surface area contributed by atoms with Crippen molar-refractivity contribution in [1.29, 1.82) is 0 Å². The molecular weight excluding hydrogens is 265 g/mol. The Kier molecular flexibility index (Phi) is 4.40. The molecule has 0 bridgehead atoms. The normalized spacial score (nSPS) is 12.2. The molecule has 0 aliphatic rings. The van der Waals surface area contributed by atoms with Crippen LogP contribution in [0.4, 0.5) is 4.39 Å². The van der Waals surface area contributed by atoms with Gasteiger partial charge in [0.2, 0.25) is 0 Å². The second kappa shape index (κ2) is 6.04. The number of hydrogen-bond donors (Lipinski definition) is 1. The van der Waals surface area contributed by atoms with Crippen LogP contribution in [0.1, 0.15) is 24.1 Å². The lowest BCUT2D eigenvalue weighted by Gasteiger charge is -2.10. The number of ether oxygens (including phenoxy) is 1. The zero-order chi connectivity index (χ0) is 13.8. The zero-order valence-corrected chi connectivity index (χ0v) is 11.3. The summed E-state index contributed by atoms with van der Waals surface area (Å²) in [6.45, 7) is 2.25. The third kappa shape index (κ3) is 3.69. The molecule has 0 heterocycles. The molecule has 0 spiro atoms. The van der Waals surface area contributed by atoms with E-state index in [2.05, 4.69) is 0 Å². The minimum absolute atomic E-state index is 0.0381. The maximum absolute atomic E-state index is 13.0. The molecule has 2 aromatic carbocycles. The van der Waals surface area contributed by atoms with Gasteiger partial charge in [-0.2, -0.15) is 0 Å². The molecule has 2 nitrogen and oxygen atoms in total. The number of rotatable bonds is 4. The van der Waals surface area contributed by atoms with Crippen LogP contribution >= 0.6 is 11.6 Å². The summed E-state index contributed by atoms with van der Waals surface area (Å²) >= 11 is 5.72. The zero-order valence-electron chi connectivity index (χ0n) is 10.6. The molecule has 19 heavy (non-hydrogen) atoms. The van der Waals surface area contributed by atoms with E-state index in [9.17, 15) is 4.39 Å². The molecule has 0 saturated heterocycles. The molecule has 2 aromatic rings. The van der Waals surface area contributed by atoms with E-state index >= 15 is 0 Å². The third-order valence-corrected chi connectivity index (χ3v) is 3.06. The minimum Gasteiger partial charge on any atom is -0.489 e. The highest BCUT2D eigenvalue weighted by atomic mass is 35.5. The highest BCUT2D eigenvalue weighted by Gasteiger charge is 2.04. The summed E-state index contributed by atoms with van der Waals surface area (Å²) in [5.74, 6) is 0.305. The van der Waals surface area contributed by atoms with E-state index in [0.717, 1.165) is 16.9 Å². The van der Waals surface area contributed by atoms with Gasteiger partial charge in [0, 0.05) is 6.04 Å². The summed E-state index contributed by atoms with van der Waals surface area (Å²) in [7, 11) is 0.